The van der Waals surface area contributed by atoms with Gasteiger partial charge in [-0.25, -0.2) is 4.79 Å². The lowest BCUT2D eigenvalue weighted by atomic mass is 9.77. The molecule has 2 aliphatic heterocycles. The Labute approximate surface area is 199 Å². The number of nitrogens with zero attached hydrogens (tertiary/aromatic N) is 1. The molecule has 0 radical (unpaired) electrons. The maximum absolute atomic E-state index is 13.3. The zero-order chi connectivity index (χ0) is 26.0. The van der Waals surface area contributed by atoms with Crippen molar-refractivity contribution in [1.29, 1.82) is 0 Å². The molecule has 4 amide bonds. The third-order valence-corrected chi connectivity index (χ3v) is 6.36. The number of primary amides is 1. The molecule has 0 aromatic heterocycles. The van der Waals surface area contributed by atoms with Gasteiger partial charge in [0.15, 0.2) is 0 Å². The number of benzene rings is 1. The number of carbonyl (C=O) groups is 4. The molecule has 2 fully saturated rings. The number of fused-ring (bicyclic) bond motifs is 1. The number of alkyl halides is 3. The molecular weight excluding hydrogens is 473 g/mol. The van der Waals surface area contributed by atoms with Crippen molar-refractivity contribution in [3.05, 3.63) is 29.8 Å². The summed E-state index contributed by atoms with van der Waals surface area (Å²) in [5.74, 6) is -5.56. The summed E-state index contributed by atoms with van der Waals surface area (Å²) in [4.78, 5) is 51.2. The Balaban J connectivity index is 2.01. The predicted octanol–water partition coefficient (Wildman–Crippen LogP) is 1.90. The van der Waals surface area contributed by atoms with E-state index in [9.17, 15) is 37.5 Å². The molecule has 1 aromatic carbocycles. The average Bonchev–Trinajstić information content (AvgIpc) is 3.23. The number of ether oxygens (including phenoxy) is 1. The van der Waals surface area contributed by atoms with Crippen LogP contribution in [0.3, 0.4) is 0 Å². The summed E-state index contributed by atoms with van der Waals surface area (Å²) in [7, 11) is 0. The second kappa shape index (κ2) is 10.1. The van der Waals surface area contributed by atoms with Gasteiger partial charge in [-0.2, -0.15) is 0 Å². The van der Waals surface area contributed by atoms with Gasteiger partial charge in [0.05, 0.1) is 11.8 Å². The van der Waals surface area contributed by atoms with Crippen LogP contribution < -0.4 is 21.1 Å². The molecule has 5 N–H and O–H groups in total. The van der Waals surface area contributed by atoms with E-state index < -0.39 is 59.3 Å². The van der Waals surface area contributed by atoms with Crippen molar-refractivity contribution in [2.75, 3.05) is 13.1 Å². The molecule has 2 heterocycles. The molecule has 0 saturated carbocycles. The number of unbranched alkanes of at least 4 members (excludes halogenated alkanes) is 1. The monoisotopic (exact) mass is 500 g/mol. The van der Waals surface area contributed by atoms with Crippen molar-refractivity contribution in [3.8, 4) is 5.75 Å². The standard InChI is InChI=1S/C22H27F3N4O6/c1-2-3-10-29-17(30)14-15(18(29)31)21(19(32)33,8-5-9-27-20(26)34)28-16(14)12-6-4-7-13(11-12)35-22(23,24)25/h4,6-7,11,14-16,28H,2-3,5,8-10H2,1H3,(H,32,33)(H3,26,27,34). The lowest BCUT2D eigenvalue weighted by Gasteiger charge is -2.31. The number of amides is 4. The first-order valence-electron chi connectivity index (χ1n) is 11.2. The summed E-state index contributed by atoms with van der Waals surface area (Å²) in [5.41, 5.74) is 3.34. The van der Waals surface area contributed by atoms with E-state index >= 15 is 0 Å². The fourth-order valence-electron chi connectivity index (χ4n) is 4.90. The first kappa shape index (κ1) is 26.3. The summed E-state index contributed by atoms with van der Waals surface area (Å²) in [5, 5.41) is 15.5. The molecular formula is C22H27F3N4O6. The largest absolute Gasteiger partial charge is 0.573 e. The van der Waals surface area contributed by atoms with Gasteiger partial charge in [-0.1, -0.05) is 25.5 Å². The van der Waals surface area contributed by atoms with E-state index in [0.717, 1.165) is 17.0 Å². The van der Waals surface area contributed by atoms with Crippen LogP contribution in [0.15, 0.2) is 24.3 Å². The number of carbonyl (C=O) groups excluding carboxylic acids is 3. The lowest BCUT2D eigenvalue weighted by Crippen LogP contribution is -2.56. The first-order chi connectivity index (χ1) is 16.4. The number of hydrogen-bond acceptors (Lipinski definition) is 6. The van der Waals surface area contributed by atoms with Crippen LogP contribution in [0, 0.1) is 11.8 Å². The molecule has 4 atom stereocenters. The highest BCUT2D eigenvalue weighted by Gasteiger charge is 2.68. The normalized spacial score (nSPS) is 26.1. The first-order valence-corrected chi connectivity index (χ1v) is 11.2. The molecule has 192 valence electrons. The predicted molar refractivity (Wildman–Crippen MR) is 115 cm³/mol. The minimum Gasteiger partial charge on any atom is -0.480 e. The number of hydrogen-bond donors (Lipinski definition) is 4. The van der Waals surface area contributed by atoms with Gasteiger partial charge in [0, 0.05) is 19.1 Å². The van der Waals surface area contributed by atoms with Gasteiger partial charge in [-0.15, -0.1) is 13.2 Å². The number of urea groups is 1. The molecule has 0 spiro atoms. The second-order valence-electron chi connectivity index (χ2n) is 8.60. The summed E-state index contributed by atoms with van der Waals surface area (Å²) in [6.45, 7) is 2.02. The van der Waals surface area contributed by atoms with Crippen LogP contribution in [0.4, 0.5) is 18.0 Å². The summed E-state index contributed by atoms with van der Waals surface area (Å²) in [6.07, 6.45) is -3.76. The molecule has 2 aliphatic rings. The highest BCUT2D eigenvalue weighted by molar-refractivity contribution is 6.09. The van der Waals surface area contributed by atoms with E-state index in [1.54, 1.807) is 0 Å². The van der Waals surface area contributed by atoms with Crippen molar-refractivity contribution >= 4 is 23.8 Å². The summed E-state index contributed by atoms with van der Waals surface area (Å²) >= 11 is 0. The lowest BCUT2D eigenvalue weighted by molar-refractivity contribution is -0.274. The van der Waals surface area contributed by atoms with Crippen molar-refractivity contribution in [2.45, 2.75) is 50.6 Å². The number of halogens is 3. The van der Waals surface area contributed by atoms with Crippen molar-refractivity contribution in [1.82, 2.24) is 15.5 Å². The van der Waals surface area contributed by atoms with E-state index in [4.69, 9.17) is 5.73 Å². The SMILES string of the molecule is CCCCN1C(=O)C2C(c3cccc(OC(F)(F)F)c3)NC(CCCNC(N)=O)(C(=O)O)C2C1=O. The smallest absolute Gasteiger partial charge is 0.480 e. The molecule has 3 rings (SSSR count). The number of nitrogens with one attached hydrogen (secondary N) is 2. The number of likely N-dealkylation sites (tertiary alicyclic amines) is 1. The molecule has 35 heavy (non-hydrogen) atoms. The Hall–Kier alpha value is -3.35. The zero-order valence-corrected chi connectivity index (χ0v) is 18.9. The van der Waals surface area contributed by atoms with Crippen LogP contribution in [0.2, 0.25) is 0 Å². The molecule has 2 saturated heterocycles. The number of nitrogens with two attached hydrogens (primary N) is 1. The Morgan fingerprint density at radius 2 is 1.97 bits per heavy atom. The van der Waals surface area contributed by atoms with E-state index in [0.29, 0.717) is 12.8 Å². The van der Waals surface area contributed by atoms with Gasteiger partial charge in [-0.05, 0) is 37.0 Å². The van der Waals surface area contributed by atoms with Crippen molar-refractivity contribution in [3.63, 3.8) is 0 Å². The van der Waals surface area contributed by atoms with Gasteiger partial charge in [0.1, 0.15) is 11.3 Å². The quantitative estimate of drug-likeness (QED) is 0.283. The van der Waals surface area contributed by atoms with Crippen LogP contribution >= 0.6 is 0 Å². The number of imide groups is 1. The van der Waals surface area contributed by atoms with Crippen LogP contribution in [0.1, 0.15) is 44.2 Å². The fraction of sp³-hybridized carbons (Fsp3) is 0.545. The average molecular weight is 500 g/mol. The van der Waals surface area contributed by atoms with Gasteiger partial charge < -0.3 is 20.9 Å². The minimum atomic E-state index is -4.95. The molecule has 0 bridgehead atoms. The molecule has 4 unspecified atom stereocenters. The highest BCUT2D eigenvalue weighted by Crippen LogP contribution is 2.50. The molecule has 13 heteroatoms. The van der Waals surface area contributed by atoms with E-state index in [1.807, 2.05) is 6.92 Å². The third-order valence-electron chi connectivity index (χ3n) is 6.36. The van der Waals surface area contributed by atoms with Gasteiger partial charge in [0.25, 0.3) is 0 Å². The van der Waals surface area contributed by atoms with E-state index in [-0.39, 0.29) is 31.5 Å². The zero-order valence-electron chi connectivity index (χ0n) is 18.9. The number of rotatable bonds is 10. The van der Waals surface area contributed by atoms with Gasteiger partial charge in [0.2, 0.25) is 11.8 Å². The Bertz CT molecular complexity index is 1000. The fourth-order valence-corrected chi connectivity index (χ4v) is 4.90. The Morgan fingerprint density at radius 1 is 1.26 bits per heavy atom. The highest BCUT2D eigenvalue weighted by atomic mass is 19.4. The van der Waals surface area contributed by atoms with E-state index in [1.165, 1.54) is 12.1 Å². The maximum Gasteiger partial charge on any atom is 0.573 e. The van der Waals surface area contributed by atoms with Crippen LogP contribution in [0.25, 0.3) is 0 Å². The van der Waals surface area contributed by atoms with E-state index in [2.05, 4.69) is 15.4 Å². The Kier molecular flexibility index (Phi) is 7.58. The molecule has 1 aromatic rings. The summed E-state index contributed by atoms with van der Waals surface area (Å²) < 4.78 is 42.2. The van der Waals surface area contributed by atoms with Crippen molar-refractivity contribution < 1.29 is 42.2 Å². The number of aliphatic carboxylic acids is 1. The molecule has 10 nitrogen and oxygen atoms in total. The summed E-state index contributed by atoms with van der Waals surface area (Å²) in [6, 6.07) is 3.03. The van der Waals surface area contributed by atoms with Crippen LogP contribution in [-0.2, 0) is 14.4 Å². The molecule has 0 aliphatic carbocycles. The van der Waals surface area contributed by atoms with Gasteiger partial charge >= 0.3 is 18.4 Å². The van der Waals surface area contributed by atoms with Crippen LogP contribution in [-0.4, -0.2) is 58.8 Å². The third kappa shape index (κ3) is 5.34. The second-order valence-corrected chi connectivity index (χ2v) is 8.60. The number of carboxylic acid groups (broad SMARTS) is 1. The minimum absolute atomic E-state index is 0.0324. The van der Waals surface area contributed by atoms with Crippen molar-refractivity contribution in [2.24, 2.45) is 17.6 Å². The van der Waals surface area contributed by atoms with Crippen LogP contribution in [0.5, 0.6) is 5.75 Å². The number of carboxylic acids is 1. The Morgan fingerprint density at radius 3 is 2.57 bits per heavy atom. The topological polar surface area (TPSA) is 151 Å². The van der Waals surface area contributed by atoms with Gasteiger partial charge in [-0.3, -0.25) is 24.6 Å². The maximum atomic E-state index is 13.3.